The van der Waals surface area contributed by atoms with E-state index in [1.165, 1.54) is 11.3 Å². The van der Waals surface area contributed by atoms with Gasteiger partial charge in [-0.2, -0.15) is 0 Å². The normalized spacial score (nSPS) is 10.5. The molecule has 0 aliphatic rings. The van der Waals surface area contributed by atoms with Crippen LogP contribution in [0.25, 0.3) is 10.8 Å². The van der Waals surface area contributed by atoms with Gasteiger partial charge in [0.2, 0.25) is 0 Å². The van der Waals surface area contributed by atoms with Crippen LogP contribution in [0.1, 0.15) is 25.7 Å². The van der Waals surface area contributed by atoms with Gasteiger partial charge in [-0.05, 0) is 55.5 Å². The molecule has 0 spiro atoms. The van der Waals surface area contributed by atoms with E-state index in [4.69, 9.17) is 9.15 Å². The number of ether oxygens (including phenoxy) is 1. The molecular formula is C23H19N3O4S. The van der Waals surface area contributed by atoms with Crippen molar-refractivity contribution in [2.75, 3.05) is 17.7 Å². The van der Waals surface area contributed by atoms with Gasteiger partial charge in [0.05, 0.1) is 19.1 Å². The van der Waals surface area contributed by atoms with Gasteiger partial charge < -0.3 is 19.8 Å². The molecule has 0 fully saturated rings. The predicted molar refractivity (Wildman–Crippen MR) is 120 cm³/mol. The number of carbonyl (C=O) groups excluding carboxylic acids is 2. The van der Waals surface area contributed by atoms with Gasteiger partial charge in [0.15, 0.2) is 10.8 Å². The lowest BCUT2D eigenvalue weighted by atomic mass is 10.2. The van der Waals surface area contributed by atoms with E-state index in [1.807, 2.05) is 19.1 Å². The van der Waals surface area contributed by atoms with Crippen LogP contribution >= 0.6 is 11.3 Å². The number of thiazole rings is 1. The molecule has 0 bridgehead atoms. The third-order valence-electron chi connectivity index (χ3n) is 4.50. The van der Waals surface area contributed by atoms with Crippen molar-refractivity contribution in [3.63, 3.8) is 0 Å². The first kappa shape index (κ1) is 20.4. The van der Waals surface area contributed by atoms with Crippen molar-refractivity contribution in [2.24, 2.45) is 0 Å². The van der Waals surface area contributed by atoms with Crippen molar-refractivity contribution in [3.05, 3.63) is 83.1 Å². The number of benzene rings is 2. The van der Waals surface area contributed by atoms with E-state index in [0.29, 0.717) is 39.1 Å². The highest BCUT2D eigenvalue weighted by molar-refractivity contribution is 7.15. The van der Waals surface area contributed by atoms with Gasteiger partial charge in [0, 0.05) is 16.1 Å². The average Bonchev–Trinajstić information content (AvgIpc) is 3.44. The number of hydrogen-bond donors (Lipinski definition) is 2. The Kier molecular flexibility index (Phi) is 5.81. The van der Waals surface area contributed by atoms with E-state index in [0.717, 1.165) is 4.88 Å². The fourth-order valence-corrected chi connectivity index (χ4v) is 3.83. The lowest BCUT2D eigenvalue weighted by Gasteiger charge is -2.10. The third-order valence-corrected chi connectivity index (χ3v) is 5.49. The summed E-state index contributed by atoms with van der Waals surface area (Å²) in [5, 5.41) is 6.28. The summed E-state index contributed by atoms with van der Waals surface area (Å²) in [4.78, 5) is 30.4. The number of aryl methyl sites for hydroxylation is 1. The van der Waals surface area contributed by atoms with E-state index in [2.05, 4.69) is 15.6 Å². The van der Waals surface area contributed by atoms with E-state index >= 15 is 0 Å². The summed E-state index contributed by atoms with van der Waals surface area (Å²) in [6.45, 7) is 1.84. The van der Waals surface area contributed by atoms with Crippen LogP contribution in [0.5, 0.6) is 5.75 Å². The van der Waals surface area contributed by atoms with Crippen LogP contribution in [-0.4, -0.2) is 23.9 Å². The molecule has 2 amide bonds. The molecule has 0 unspecified atom stereocenters. The molecule has 0 radical (unpaired) electrons. The van der Waals surface area contributed by atoms with Crippen LogP contribution < -0.4 is 15.4 Å². The Morgan fingerprint density at radius 1 is 0.968 bits per heavy atom. The fourth-order valence-electron chi connectivity index (χ4n) is 2.95. The first-order valence-corrected chi connectivity index (χ1v) is 10.2. The van der Waals surface area contributed by atoms with Crippen LogP contribution in [0.2, 0.25) is 0 Å². The van der Waals surface area contributed by atoms with Gasteiger partial charge in [-0.25, -0.2) is 4.98 Å². The van der Waals surface area contributed by atoms with Gasteiger partial charge in [-0.1, -0.05) is 12.1 Å². The van der Waals surface area contributed by atoms with Gasteiger partial charge >= 0.3 is 0 Å². The molecule has 2 aromatic carbocycles. The summed E-state index contributed by atoms with van der Waals surface area (Å²) in [6, 6.07) is 17.4. The quantitative estimate of drug-likeness (QED) is 0.435. The number of aromatic nitrogens is 1. The van der Waals surface area contributed by atoms with Gasteiger partial charge in [0.25, 0.3) is 11.8 Å². The molecule has 0 aliphatic carbocycles. The number of rotatable bonds is 6. The summed E-state index contributed by atoms with van der Waals surface area (Å²) < 4.78 is 10.6. The molecule has 7 nitrogen and oxygen atoms in total. The lowest BCUT2D eigenvalue weighted by molar-refractivity contribution is 0.101. The average molecular weight is 433 g/mol. The minimum absolute atomic E-state index is 0.277. The van der Waals surface area contributed by atoms with Gasteiger partial charge in [0.1, 0.15) is 11.4 Å². The van der Waals surface area contributed by atoms with Crippen molar-refractivity contribution >= 4 is 34.5 Å². The Morgan fingerprint density at radius 3 is 2.45 bits per heavy atom. The predicted octanol–water partition coefficient (Wildman–Crippen LogP) is 5.22. The number of anilines is 2. The van der Waals surface area contributed by atoms with Crippen LogP contribution in [0.15, 0.2) is 71.3 Å². The van der Waals surface area contributed by atoms with Crippen LogP contribution in [0.3, 0.4) is 0 Å². The molecule has 4 aromatic rings. The number of methoxy groups -OCH3 is 1. The number of nitrogens with zero attached hydrogens (tertiary/aromatic N) is 1. The molecule has 2 heterocycles. The highest BCUT2D eigenvalue weighted by Crippen LogP contribution is 2.28. The smallest absolute Gasteiger partial charge is 0.275 e. The Bertz CT molecular complexity index is 1210. The summed E-state index contributed by atoms with van der Waals surface area (Å²) in [5.41, 5.74) is 1.94. The number of hydrogen-bond acceptors (Lipinski definition) is 6. The van der Waals surface area contributed by atoms with E-state index < -0.39 is 0 Å². The van der Waals surface area contributed by atoms with Crippen LogP contribution in [-0.2, 0) is 0 Å². The first-order valence-electron chi connectivity index (χ1n) is 9.42. The minimum atomic E-state index is -0.322. The van der Waals surface area contributed by atoms with Crippen LogP contribution in [0, 0.1) is 6.92 Å². The van der Waals surface area contributed by atoms with Crippen molar-refractivity contribution in [1.29, 1.82) is 0 Å². The summed E-state index contributed by atoms with van der Waals surface area (Å²) in [5.74, 6) is 0.600. The van der Waals surface area contributed by atoms with Gasteiger partial charge in [-0.15, -0.1) is 11.3 Å². The van der Waals surface area contributed by atoms with E-state index in [-0.39, 0.29) is 11.8 Å². The monoisotopic (exact) mass is 433 g/mol. The van der Waals surface area contributed by atoms with Crippen molar-refractivity contribution < 1.29 is 18.7 Å². The maximum Gasteiger partial charge on any atom is 0.275 e. The SMILES string of the molecule is COc1ccccc1NC(=O)c1ccc(NC(=O)c2nc(-c3ccco3)sc2C)cc1. The number of para-hydroxylation sites is 2. The first-order chi connectivity index (χ1) is 15.0. The Balaban J connectivity index is 1.44. The third kappa shape index (κ3) is 4.49. The van der Waals surface area contributed by atoms with Gasteiger partial charge in [-0.3, -0.25) is 9.59 Å². The number of carbonyl (C=O) groups is 2. The molecular weight excluding hydrogens is 414 g/mol. The van der Waals surface area contributed by atoms with Crippen molar-refractivity contribution in [1.82, 2.24) is 4.98 Å². The second-order valence-electron chi connectivity index (χ2n) is 6.59. The molecule has 2 aromatic heterocycles. The molecule has 156 valence electrons. The molecule has 0 aliphatic heterocycles. The number of furan rings is 1. The van der Waals surface area contributed by atoms with E-state index in [9.17, 15) is 9.59 Å². The lowest BCUT2D eigenvalue weighted by Crippen LogP contribution is -2.15. The molecule has 0 atom stereocenters. The van der Waals surface area contributed by atoms with Crippen molar-refractivity contribution in [2.45, 2.75) is 6.92 Å². The second kappa shape index (κ2) is 8.85. The standard InChI is InChI=1S/C23H19N3O4S/c1-14-20(26-23(31-14)19-8-5-13-30-19)22(28)24-16-11-9-15(10-12-16)21(27)25-17-6-3-4-7-18(17)29-2/h3-13H,1-2H3,(H,24,28)(H,25,27). The maximum absolute atomic E-state index is 12.7. The summed E-state index contributed by atoms with van der Waals surface area (Å²) >= 11 is 1.39. The zero-order chi connectivity index (χ0) is 21.8. The zero-order valence-corrected chi connectivity index (χ0v) is 17.7. The van der Waals surface area contributed by atoms with Crippen LogP contribution in [0.4, 0.5) is 11.4 Å². The van der Waals surface area contributed by atoms with Crippen molar-refractivity contribution in [3.8, 4) is 16.5 Å². The molecule has 4 rings (SSSR count). The number of amides is 2. The summed E-state index contributed by atoms with van der Waals surface area (Å²) in [6.07, 6.45) is 1.57. The minimum Gasteiger partial charge on any atom is -0.495 e. The summed E-state index contributed by atoms with van der Waals surface area (Å²) in [7, 11) is 1.55. The topological polar surface area (TPSA) is 93.5 Å². The maximum atomic E-state index is 12.7. The highest BCUT2D eigenvalue weighted by atomic mass is 32.1. The second-order valence-corrected chi connectivity index (χ2v) is 7.79. The molecule has 31 heavy (non-hydrogen) atoms. The molecule has 8 heteroatoms. The molecule has 0 saturated carbocycles. The molecule has 0 saturated heterocycles. The zero-order valence-electron chi connectivity index (χ0n) is 16.8. The Hall–Kier alpha value is -3.91. The largest absolute Gasteiger partial charge is 0.495 e. The Morgan fingerprint density at radius 2 is 1.74 bits per heavy atom. The molecule has 2 N–H and O–H groups in total. The number of nitrogens with one attached hydrogen (secondary N) is 2. The van der Waals surface area contributed by atoms with E-state index in [1.54, 1.807) is 61.9 Å². The fraction of sp³-hybridized carbons (Fsp3) is 0.0870. The Labute approximate surface area is 182 Å². The highest BCUT2D eigenvalue weighted by Gasteiger charge is 2.18.